The van der Waals surface area contributed by atoms with Crippen LogP contribution in [0.2, 0.25) is 0 Å². The molecule has 4 heteroatoms. The Morgan fingerprint density at radius 2 is 1.58 bits per heavy atom. The van der Waals surface area contributed by atoms with Crippen LogP contribution in [-0.2, 0) is 5.41 Å². The Labute approximate surface area is 194 Å². The highest BCUT2D eigenvalue weighted by Crippen LogP contribution is 2.44. The molecule has 0 saturated carbocycles. The molecule has 4 aromatic heterocycles. The van der Waals surface area contributed by atoms with Gasteiger partial charge in [0.1, 0.15) is 0 Å². The first-order valence-corrected chi connectivity index (χ1v) is 13.1. The van der Waals surface area contributed by atoms with Gasteiger partial charge in [-0.3, -0.25) is 4.98 Å². The summed E-state index contributed by atoms with van der Waals surface area (Å²) in [5, 5.41) is 7.59. The molecule has 0 bridgehead atoms. The highest BCUT2D eigenvalue weighted by Gasteiger charge is 2.21. The van der Waals surface area contributed by atoms with Crippen molar-refractivity contribution in [2.45, 2.75) is 40.0 Å². The molecule has 6 aromatic rings. The third-order valence-corrected chi connectivity index (χ3v) is 9.62. The summed E-state index contributed by atoms with van der Waals surface area (Å²) in [6, 6.07) is 13.9. The molecular weight excluding hydrogens is 435 g/mol. The first-order valence-electron chi connectivity index (χ1n) is 10.5. The van der Waals surface area contributed by atoms with Crippen LogP contribution in [-0.4, -0.2) is 4.98 Å². The van der Waals surface area contributed by atoms with Crippen LogP contribution in [0.1, 0.15) is 36.8 Å². The van der Waals surface area contributed by atoms with Crippen LogP contribution in [0.25, 0.3) is 51.6 Å². The number of aryl methyl sites for hydroxylation is 2. The number of hydrogen-bond donors (Lipinski definition) is 0. The maximum Gasteiger partial charge on any atom is 0.0880 e. The van der Waals surface area contributed by atoms with Gasteiger partial charge in [-0.25, -0.2) is 0 Å². The average molecular weight is 458 g/mol. The molecule has 0 radical (unpaired) electrons. The summed E-state index contributed by atoms with van der Waals surface area (Å²) in [5.74, 6) is 0. The van der Waals surface area contributed by atoms with E-state index in [1.807, 2.05) is 40.2 Å². The summed E-state index contributed by atoms with van der Waals surface area (Å²) >= 11 is 5.62. The van der Waals surface area contributed by atoms with Crippen LogP contribution < -0.4 is 0 Å². The molecule has 0 aliphatic heterocycles. The molecule has 2 aromatic carbocycles. The molecule has 4 heterocycles. The maximum atomic E-state index is 4.89. The molecule has 6 rings (SSSR count). The maximum absolute atomic E-state index is 4.89. The largest absolute Gasteiger partial charge is 0.255 e. The highest BCUT2D eigenvalue weighted by atomic mass is 32.1. The second-order valence-corrected chi connectivity index (χ2v) is 12.6. The van der Waals surface area contributed by atoms with Crippen molar-refractivity contribution < 1.29 is 0 Å². The standard InChI is InChI=1S/C27H23NS3/c1-14-15(2)30-22-13-20-18-6-8-28-24(26(18)31-23(20)12-19(14)22)17-10-16-7-9-29-25(16)21(11-17)27(3,4)5/h6-13H,1-5H3. The summed E-state index contributed by atoms with van der Waals surface area (Å²) < 4.78 is 5.42. The van der Waals surface area contributed by atoms with Crippen LogP contribution >= 0.6 is 34.0 Å². The first-order chi connectivity index (χ1) is 14.8. The quantitative estimate of drug-likeness (QED) is 0.239. The van der Waals surface area contributed by atoms with Gasteiger partial charge < -0.3 is 0 Å². The second-order valence-electron chi connectivity index (χ2n) is 9.38. The van der Waals surface area contributed by atoms with Crippen molar-refractivity contribution in [3.63, 3.8) is 0 Å². The molecule has 154 valence electrons. The van der Waals surface area contributed by atoms with Gasteiger partial charge in [-0.1, -0.05) is 20.8 Å². The molecule has 0 fully saturated rings. The minimum absolute atomic E-state index is 0.0902. The first kappa shape index (κ1) is 19.4. The lowest BCUT2D eigenvalue weighted by Crippen LogP contribution is -2.11. The molecule has 0 atom stereocenters. The van der Waals surface area contributed by atoms with Gasteiger partial charge in [0.25, 0.3) is 0 Å². The van der Waals surface area contributed by atoms with Crippen LogP contribution in [0, 0.1) is 13.8 Å². The van der Waals surface area contributed by atoms with Gasteiger partial charge in [-0.05, 0) is 82.9 Å². The fraction of sp³-hybridized carbons (Fsp3) is 0.222. The van der Waals surface area contributed by atoms with E-state index in [9.17, 15) is 0 Å². The van der Waals surface area contributed by atoms with Gasteiger partial charge in [0.2, 0.25) is 0 Å². The minimum atomic E-state index is 0.0902. The van der Waals surface area contributed by atoms with E-state index in [0.717, 1.165) is 5.69 Å². The normalized spacial score (nSPS) is 12.7. The van der Waals surface area contributed by atoms with Gasteiger partial charge >= 0.3 is 0 Å². The summed E-state index contributed by atoms with van der Waals surface area (Å²) in [4.78, 5) is 6.31. The molecule has 0 unspecified atom stereocenters. The van der Waals surface area contributed by atoms with Crippen molar-refractivity contribution in [3.8, 4) is 11.3 Å². The summed E-state index contributed by atoms with van der Waals surface area (Å²) in [6.45, 7) is 11.4. The fourth-order valence-corrected chi connectivity index (χ4v) is 7.95. The lowest BCUT2D eigenvalue weighted by atomic mass is 9.85. The lowest BCUT2D eigenvalue weighted by Gasteiger charge is -2.21. The van der Waals surface area contributed by atoms with E-state index in [-0.39, 0.29) is 5.41 Å². The average Bonchev–Trinajstić information content (AvgIpc) is 3.41. The van der Waals surface area contributed by atoms with E-state index in [2.05, 4.69) is 76.4 Å². The zero-order chi connectivity index (χ0) is 21.5. The number of pyridine rings is 1. The minimum Gasteiger partial charge on any atom is -0.255 e. The topological polar surface area (TPSA) is 12.9 Å². The second kappa shape index (κ2) is 6.61. The predicted molar refractivity (Wildman–Crippen MR) is 142 cm³/mol. The lowest BCUT2D eigenvalue weighted by molar-refractivity contribution is 0.597. The van der Waals surface area contributed by atoms with Crippen LogP contribution in [0.5, 0.6) is 0 Å². The fourth-order valence-electron chi connectivity index (χ4n) is 4.52. The summed E-state index contributed by atoms with van der Waals surface area (Å²) in [6.07, 6.45) is 1.98. The number of fused-ring (bicyclic) bond motifs is 5. The predicted octanol–water partition coefficient (Wildman–Crippen LogP) is 9.46. The van der Waals surface area contributed by atoms with Crippen molar-refractivity contribution in [3.05, 3.63) is 64.0 Å². The van der Waals surface area contributed by atoms with Gasteiger partial charge in [0, 0.05) is 41.5 Å². The van der Waals surface area contributed by atoms with Crippen molar-refractivity contribution in [1.29, 1.82) is 0 Å². The molecule has 0 spiro atoms. The highest BCUT2D eigenvalue weighted by molar-refractivity contribution is 7.26. The Kier molecular flexibility index (Phi) is 4.14. The number of hydrogen-bond acceptors (Lipinski definition) is 4. The van der Waals surface area contributed by atoms with E-state index < -0.39 is 0 Å². The van der Waals surface area contributed by atoms with Crippen LogP contribution in [0.15, 0.2) is 48.0 Å². The molecule has 0 aliphatic rings. The Balaban J connectivity index is 1.67. The number of rotatable bonds is 1. The number of aromatic nitrogens is 1. The van der Waals surface area contributed by atoms with Crippen molar-refractivity contribution in [2.24, 2.45) is 0 Å². The molecule has 31 heavy (non-hydrogen) atoms. The Morgan fingerprint density at radius 1 is 0.806 bits per heavy atom. The SMILES string of the molecule is Cc1sc2cc3c(cc2c1C)sc1c(-c2cc(C(C)(C)C)c4sccc4c2)nccc13. The van der Waals surface area contributed by atoms with E-state index in [0.29, 0.717) is 0 Å². The monoisotopic (exact) mass is 457 g/mol. The van der Waals surface area contributed by atoms with E-state index in [1.54, 1.807) is 0 Å². The molecule has 0 aliphatic carbocycles. The zero-order valence-electron chi connectivity index (χ0n) is 18.3. The molecule has 1 nitrogen and oxygen atoms in total. The van der Waals surface area contributed by atoms with E-state index >= 15 is 0 Å². The Bertz CT molecular complexity index is 1640. The van der Waals surface area contributed by atoms with E-state index in [4.69, 9.17) is 4.98 Å². The third-order valence-electron chi connectivity index (χ3n) is 6.32. The van der Waals surface area contributed by atoms with Crippen molar-refractivity contribution in [1.82, 2.24) is 4.98 Å². The molecule has 0 amide bonds. The molecular formula is C27H23NS3. The van der Waals surface area contributed by atoms with Crippen LogP contribution in [0.3, 0.4) is 0 Å². The van der Waals surface area contributed by atoms with Gasteiger partial charge in [-0.15, -0.1) is 34.0 Å². The zero-order valence-corrected chi connectivity index (χ0v) is 20.7. The Hall–Kier alpha value is -2.27. The Morgan fingerprint density at radius 3 is 2.39 bits per heavy atom. The smallest absolute Gasteiger partial charge is 0.0880 e. The molecule has 0 saturated heterocycles. The van der Waals surface area contributed by atoms with Crippen molar-refractivity contribution in [2.75, 3.05) is 0 Å². The van der Waals surface area contributed by atoms with Gasteiger partial charge in [-0.2, -0.15) is 0 Å². The number of benzene rings is 2. The third kappa shape index (κ3) is 2.89. The van der Waals surface area contributed by atoms with Crippen molar-refractivity contribution >= 4 is 74.4 Å². The number of thiophene rings is 3. The van der Waals surface area contributed by atoms with E-state index in [1.165, 1.54) is 61.9 Å². The van der Waals surface area contributed by atoms with Gasteiger partial charge in [0.15, 0.2) is 0 Å². The summed E-state index contributed by atoms with van der Waals surface area (Å²) in [5.41, 5.74) is 5.24. The van der Waals surface area contributed by atoms with Crippen LogP contribution in [0.4, 0.5) is 0 Å². The van der Waals surface area contributed by atoms with Gasteiger partial charge in [0.05, 0.1) is 10.4 Å². The summed E-state index contributed by atoms with van der Waals surface area (Å²) in [7, 11) is 0. The number of nitrogens with zero attached hydrogens (tertiary/aromatic N) is 1. The molecule has 0 N–H and O–H groups in total.